The Balaban J connectivity index is 1.93. The minimum atomic E-state index is 0.451. The lowest BCUT2D eigenvalue weighted by molar-refractivity contribution is 0.0342. The molecule has 2 rings (SSSR count). The Morgan fingerprint density at radius 3 is 2.47 bits per heavy atom. The molecule has 1 atom stereocenters. The molecule has 0 amide bonds. The van der Waals surface area contributed by atoms with Crippen molar-refractivity contribution >= 4 is 0 Å². The Kier molecular flexibility index (Phi) is 4.54. The molecule has 0 bridgehead atoms. The zero-order valence-corrected chi connectivity index (χ0v) is 10.6. The molecule has 1 heterocycles. The van der Waals surface area contributed by atoms with Crippen LogP contribution in [0.1, 0.15) is 24.0 Å². The Bertz CT molecular complexity index is 331. The highest BCUT2D eigenvalue weighted by molar-refractivity contribution is 5.25. The lowest BCUT2D eigenvalue weighted by Crippen LogP contribution is -2.35. The van der Waals surface area contributed by atoms with Gasteiger partial charge < -0.3 is 10.5 Å². The quantitative estimate of drug-likeness (QED) is 0.859. The van der Waals surface area contributed by atoms with E-state index in [1.54, 1.807) is 0 Å². The van der Waals surface area contributed by atoms with E-state index >= 15 is 0 Å². The third-order valence-electron chi connectivity index (χ3n) is 3.41. The molecular weight excluding hydrogens is 212 g/mol. The molecule has 17 heavy (non-hydrogen) atoms. The number of nitrogens with zero attached hydrogens (tertiary/aromatic N) is 1. The summed E-state index contributed by atoms with van der Waals surface area (Å²) >= 11 is 0. The Morgan fingerprint density at radius 1 is 1.24 bits per heavy atom. The number of hydrogen-bond donors (Lipinski definition) is 1. The zero-order chi connectivity index (χ0) is 12.1. The lowest BCUT2D eigenvalue weighted by atomic mass is 10.00. The maximum absolute atomic E-state index is 5.67. The number of benzene rings is 1. The normalized spacial score (nSPS) is 19.2. The molecule has 1 unspecified atom stereocenters. The molecule has 3 nitrogen and oxygen atoms in total. The van der Waals surface area contributed by atoms with E-state index in [0.29, 0.717) is 12.5 Å². The molecular formula is C14H22N2O. The number of nitrogens with two attached hydrogens (primary N) is 1. The van der Waals surface area contributed by atoms with E-state index in [2.05, 4.69) is 36.1 Å². The van der Waals surface area contributed by atoms with E-state index in [1.807, 2.05) is 0 Å². The van der Waals surface area contributed by atoms with Gasteiger partial charge >= 0.3 is 0 Å². The van der Waals surface area contributed by atoms with Crippen LogP contribution in [0.2, 0.25) is 0 Å². The second kappa shape index (κ2) is 6.15. The average molecular weight is 234 g/mol. The van der Waals surface area contributed by atoms with E-state index < -0.39 is 0 Å². The maximum atomic E-state index is 5.67. The van der Waals surface area contributed by atoms with Gasteiger partial charge in [-0.25, -0.2) is 0 Å². The van der Waals surface area contributed by atoms with Gasteiger partial charge in [-0.05, 0) is 23.6 Å². The minimum absolute atomic E-state index is 0.451. The van der Waals surface area contributed by atoms with Crippen molar-refractivity contribution in [2.45, 2.75) is 19.4 Å². The number of rotatable bonds is 4. The molecule has 1 saturated heterocycles. The molecule has 0 saturated carbocycles. The summed E-state index contributed by atoms with van der Waals surface area (Å²) in [7, 11) is 0. The summed E-state index contributed by atoms with van der Waals surface area (Å²) < 4.78 is 5.35. The third-order valence-corrected chi connectivity index (χ3v) is 3.41. The summed E-state index contributed by atoms with van der Waals surface area (Å²) in [6.45, 7) is 7.72. The van der Waals surface area contributed by atoms with Crippen LogP contribution in [0.25, 0.3) is 0 Å². The van der Waals surface area contributed by atoms with Gasteiger partial charge in [0.15, 0.2) is 0 Å². The van der Waals surface area contributed by atoms with Crippen LogP contribution in [0, 0.1) is 0 Å². The van der Waals surface area contributed by atoms with Crippen LogP contribution in [0.5, 0.6) is 0 Å². The summed E-state index contributed by atoms with van der Waals surface area (Å²) in [5.41, 5.74) is 8.38. The van der Waals surface area contributed by atoms with Crippen molar-refractivity contribution in [1.82, 2.24) is 4.90 Å². The predicted molar refractivity (Wildman–Crippen MR) is 70.0 cm³/mol. The molecule has 2 N–H and O–H groups in total. The number of hydrogen-bond acceptors (Lipinski definition) is 3. The molecule has 94 valence electrons. The van der Waals surface area contributed by atoms with Crippen molar-refractivity contribution in [2.75, 3.05) is 32.8 Å². The van der Waals surface area contributed by atoms with Crippen molar-refractivity contribution in [3.63, 3.8) is 0 Å². The van der Waals surface area contributed by atoms with Crippen molar-refractivity contribution in [2.24, 2.45) is 5.73 Å². The molecule has 0 radical (unpaired) electrons. The summed E-state index contributed by atoms with van der Waals surface area (Å²) in [6, 6.07) is 8.84. The SMILES string of the molecule is CC(CN)c1ccc(CN2CCOCC2)cc1. The Morgan fingerprint density at radius 2 is 1.88 bits per heavy atom. The molecule has 3 heteroatoms. The van der Waals surface area contributed by atoms with Gasteiger partial charge in [0.25, 0.3) is 0 Å². The van der Waals surface area contributed by atoms with E-state index in [4.69, 9.17) is 10.5 Å². The fourth-order valence-corrected chi connectivity index (χ4v) is 2.11. The Hall–Kier alpha value is -0.900. The number of morpholine rings is 1. The van der Waals surface area contributed by atoms with Crippen LogP contribution < -0.4 is 5.73 Å². The second-order valence-corrected chi connectivity index (χ2v) is 4.77. The predicted octanol–water partition coefficient (Wildman–Crippen LogP) is 1.58. The van der Waals surface area contributed by atoms with Crippen LogP contribution in [0.15, 0.2) is 24.3 Å². The van der Waals surface area contributed by atoms with E-state index in [1.165, 1.54) is 11.1 Å². The summed E-state index contributed by atoms with van der Waals surface area (Å²) in [5.74, 6) is 0.451. The van der Waals surface area contributed by atoms with Gasteiger partial charge in [0.1, 0.15) is 0 Å². The Labute approximate surface area is 104 Å². The van der Waals surface area contributed by atoms with Crippen LogP contribution >= 0.6 is 0 Å². The summed E-state index contributed by atoms with van der Waals surface area (Å²) in [6.07, 6.45) is 0. The first kappa shape index (κ1) is 12.6. The second-order valence-electron chi connectivity index (χ2n) is 4.77. The fourth-order valence-electron chi connectivity index (χ4n) is 2.11. The van der Waals surface area contributed by atoms with E-state index in [-0.39, 0.29) is 0 Å². The van der Waals surface area contributed by atoms with Gasteiger partial charge in [0, 0.05) is 19.6 Å². The minimum Gasteiger partial charge on any atom is -0.379 e. The summed E-state index contributed by atoms with van der Waals surface area (Å²) in [5, 5.41) is 0. The standard InChI is InChI=1S/C14H22N2O/c1-12(10-15)14-4-2-13(3-5-14)11-16-6-8-17-9-7-16/h2-5,12H,6-11,15H2,1H3. The van der Waals surface area contributed by atoms with Gasteiger partial charge in [-0.3, -0.25) is 4.90 Å². The molecule has 1 aromatic carbocycles. The van der Waals surface area contributed by atoms with E-state index in [0.717, 1.165) is 32.8 Å². The number of ether oxygens (including phenoxy) is 1. The highest BCUT2D eigenvalue weighted by atomic mass is 16.5. The van der Waals surface area contributed by atoms with Crippen LogP contribution in [0.3, 0.4) is 0 Å². The van der Waals surface area contributed by atoms with E-state index in [9.17, 15) is 0 Å². The lowest BCUT2D eigenvalue weighted by Gasteiger charge is -2.26. The monoisotopic (exact) mass is 234 g/mol. The van der Waals surface area contributed by atoms with Gasteiger partial charge in [0.2, 0.25) is 0 Å². The smallest absolute Gasteiger partial charge is 0.0594 e. The molecule has 1 fully saturated rings. The zero-order valence-electron chi connectivity index (χ0n) is 10.6. The van der Waals surface area contributed by atoms with Gasteiger partial charge in [-0.2, -0.15) is 0 Å². The van der Waals surface area contributed by atoms with Crippen LogP contribution in [0.4, 0.5) is 0 Å². The van der Waals surface area contributed by atoms with Crippen molar-refractivity contribution in [3.8, 4) is 0 Å². The van der Waals surface area contributed by atoms with Crippen molar-refractivity contribution in [1.29, 1.82) is 0 Å². The summed E-state index contributed by atoms with van der Waals surface area (Å²) in [4.78, 5) is 2.44. The highest BCUT2D eigenvalue weighted by Gasteiger charge is 2.10. The maximum Gasteiger partial charge on any atom is 0.0594 e. The first-order chi connectivity index (χ1) is 8.29. The first-order valence-corrected chi connectivity index (χ1v) is 6.38. The molecule has 0 spiro atoms. The topological polar surface area (TPSA) is 38.5 Å². The molecule has 1 aromatic rings. The van der Waals surface area contributed by atoms with Gasteiger partial charge in [-0.1, -0.05) is 31.2 Å². The third kappa shape index (κ3) is 3.53. The fraction of sp³-hybridized carbons (Fsp3) is 0.571. The van der Waals surface area contributed by atoms with Gasteiger partial charge in [0.05, 0.1) is 13.2 Å². The van der Waals surface area contributed by atoms with Crippen molar-refractivity contribution in [3.05, 3.63) is 35.4 Å². The van der Waals surface area contributed by atoms with Crippen LogP contribution in [-0.4, -0.2) is 37.7 Å². The molecule has 0 aliphatic carbocycles. The molecule has 1 aliphatic rings. The van der Waals surface area contributed by atoms with Gasteiger partial charge in [-0.15, -0.1) is 0 Å². The molecule has 1 aliphatic heterocycles. The average Bonchev–Trinajstić information content (AvgIpc) is 2.40. The van der Waals surface area contributed by atoms with Crippen LogP contribution in [-0.2, 0) is 11.3 Å². The largest absolute Gasteiger partial charge is 0.379 e. The van der Waals surface area contributed by atoms with Crippen molar-refractivity contribution < 1.29 is 4.74 Å². The molecule has 0 aromatic heterocycles. The highest BCUT2D eigenvalue weighted by Crippen LogP contribution is 2.15. The first-order valence-electron chi connectivity index (χ1n) is 6.38.